The molecular formula is C18H17N3O3S2. The summed E-state index contributed by atoms with van der Waals surface area (Å²) in [6, 6.07) is 9.36. The zero-order chi connectivity index (χ0) is 18.5. The Morgan fingerprint density at radius 3 is 2.85 bits per heavy atom. The van der Waals surface area contributed by atoms with E-state index in [0.717, 1.165) is 27.5 Å². The number of methoxy groups -OCH3 is 1. The average molecular weight is 387 g/mol. The Bertz CT molecular complexity index is 928. The summed E-state index contributed by atoms with van der Waals surface area (Å²) >= 11 is 2.43. The number of hydrogen-bond acceptors (Lipinski definition) is 7. The largest absolute Gasteiger partial charge is 0.497 e. The first-order valence-electron chi connectivity index (χ1n) is 7.84. The number of nitrogens with zero attached hydrogens (tertiary/aromatic N) is 3. The van der Waals surface area contributed by atoms with E-state index in [0.29, 0.717) is 17.4 Å². The van der Waals surface area contributed by atoms with E-state index in [1.54, 1.807) is 24.4 Å². The standard InChI is InChI=1S/C18H17N3O3S2/c1-12(22)25-11-17(23)21(10-13-4-3-7-19-9-13)18-20-15-8-14(24-2)5-6-16(15)26-18/h3-9H,10-11H2,1-2H3. The van der Waals surface area contributed by atoms with Crippen molar-refractivity contribution in [3.05, 3.63) is 48.3 Å². The van der Waals surface area contributed by atoms with E-state index < -0.39 is 0 Å². The third kappa shape index (κ3) is 4.39. The van der Waals surface area contributed by atoms with Crippen molar-refractivity contribution in [3.63, 3.8) is 0 Å². The number of ether oxygens (including phenoxy) is 1. The van der Waals surface area contributed by atoms with Crippen LogP contribution in [0.4, 0.5) is 5.13 Å². The van der Waals surface area contributed by atoms with Crippen LogP contribution in [0.5, 0.6) is 5.75 Å². The molecule has 0 spiro atoms. The molecule has 1 aromatic carbocycles. The van der Waals surface area contributed by atoms with E-state index in [2.05, 4.69) is 9.97 Å². The van der Waals surface area contributed by atoms with Gasteiger partial charge in [0.25, 0.3) is 0 Å². The van der Waals surface area contributed by atoms with Gasteiger partial charge in [0, 0.05) is 25.4 Å². The molecule has 0 unspecified atom stereocenters. The number of pyridine rings is 1. The number of benzene rings is 1. The van der Waals surface area contributed by atoms with E-state index in [9.17, 15) is 9.59 Å². The molecule has 3 aromatic rings. The molecule has 0 N–H and O–H groups in total. The van der Waals surface area contributed by atoms with Gasteiger partial charge in [0.2, 0.25) is 5.91 Å². The molecule has 0 saturated carbocycles. The number of carbonyl (C=O) groups excluding carboxylic acids is 2. The lowest BCUT2D eigenvalue weighted by Gasteiger charge is -2.19. The Morgan fingerprint density at radius 1 is 1.31 bits per heavy atom. The third-order valence-electron chi connectivity index (χ3n) is 3.58. The highest BCUT2D eigenvalue weighted by molar-refractivity contribution is 8.14. The number of amides is 1. The van der Waals surface area contributed by atoms with Crippen LogP contribution in [0.25, 0.3) is 10.2 Å². The third-order valence-corrected chi connectivity index (χ3v) is 5.43. The SMILES string of the molecule is COc1ccc2sc(N(Cc3cccnc3)C(=O)CSC(C)=O)nc2c1. The fourth-order valence-corrected chi connectivity index (χ4v) is 3.76. The molecule has 2 aromatic heterocycles. The lowest BCUT2D eigenvalue weighted by atomic mass is 10.2. The molecular weight excluding hydrogens is 370 g/mol. The monoisotopic (exact) mass is 387 g/mol. The summed E-state index contributed by atoms with van der Waals surface area (Å²) in [4.78, 5) is 34.3. The highest BCUT2D eigenvalue weighted by atomic mass is 32.2. The van der Waals surface area contributed by atoms with Gasteiger partial charge in [-0.1, -0.05) is 29.2 Å². The molecule has 26 heavy (non-hydrogen) atoms. The Hall–Kier alpha value is -2.45. The van der Waals surface area contributed by atoms with Crippen molar-refractivity contribution < 1.29 is 14.3 Å². The molecule has 1 amide bonds. The minimum Gasteiger partial charge on any atom is -0.497 e. The van der Waals surface area contributed by atoms with Gasteiger partial charge in [-0.3, -0.25) is 19.5 Å². The number of thiazole rings is 1. The van der Waals surface area contributed by atoms with E-state index in [1.807, 2.05) is 30.3 Å². The summed E-state index contributed by atoms with van der Waals surface area (Å²) in [5, 5.41) is 0.500. The summed E-state index contributed by atoms with van der Waals surface area (Å²) < 4.78 is 6.20. The summed E-state index contributed by atoms with van der Waals surface area (Å²) in [6.07, 6.45) is 3.40. The minimum atomic E-state index is -0.167. The fourth-order valence-electron chi connectivity index (χ4n) is 2.32. The molecule has 0 aliphatic rings. The number of thioether (sulfide) groups is 1. The summed E-state index contributed by atoms with van der Waals surface area (Å²) in [7, 11) is 1.60. The van der Waals surface area contributed by atoms with Gasteiger partial charge in [-0.15, -0.1) is 0 Å². The summed E-state index contributed by atoms with van der Waals surface area (Å²) in [5.41, 5.74) is 1.66. The maximum absolute atomic E-state index is 12.7. The molecule has 2 heterocycles. The molecule has 0 aliphatic carbocycles. The molecule has 134 valence electrons. The number of aromatic nitrogens is 2. The molecule has 0 atom stereocenters. The average Bonchev–Trinajstić information content (AvgIpc) is 3.07. The van der Waals surface area contributed by atoms with Crippen LogP contribution in [-0.4, -0.2) is 33.9 Å². The minimum absolute atomic E-state index is 0.0782. The van der Waals surface area contributed by atoms with Crippen LogP contribution < -0.4 is 9.64 Å². The molecule has 8 heteroatoms. The number of fused-ring (bicyclic) bond motifs is 1. The van der Waals surface area contributed by atoms with Crippen molar-refractivity contribution in [3.8, 4) is 5.75 Å². The van der Waals surface area contributed by atoms with Crippen molar-refractivity contribution in [1.82, 2.24) is 9.97 Å². The second-order valence-electron chi connectivity index (χ2n) is 5.45. The lowest BCUT2D eigenvalue weighted by Crippen LogP contribution is -2.32. The first kappa shape index (κ1) is 18.3. The van der Waals surface area contributed by atoms with E-state index in [4.69, 9.17) is 4.74 Å². The fraction of sp³-hybridized carbons (Fsp3) is 0.222. The number of rotatable bonds is 6. The molecule has 0 saturated heterocycles. The van der Waals surface area contributed by atoms with Gasteiger partial charge in [0.1, 0.15) is 5.75 Å². The van der Waals surface area contributed by atoms with Gasteiger partial charge in [0.05, 0.1) is 29.6 Å². The van der Waals surface area contributed by atoms with Crippen LogP contribution in [0.3, 0.4) is 0 Å². The Morgan fingerprint density at radius 2 is 2.15 bits per heavy atom. The number of carbonyl (C=O) groups is 2. The van der Waals surface area contributed by atoms with Crippen LogP contribution in [0, 0.1) is 0 Å². The van der Waals surface area contributed by atoms with Gasteiger partial charge in [-0.2, -0.15) is 0 Å². The highest BCUT2D eigenvalue weighted by Crippen LogP contribution is 2.32. The Labute approximate surface area is 159 Å². The molecule has 3 rings (SSSR count). The quantitative estimate of drug-likeness (QED) is 0.644. The number of hydrogen-bond donors (Lipinski definition) is 0. The van der Waals surface area contributed by atoms with Gasteiger partial charge in [0.15, 0.2) is 10.2 Å². The first-order valence-corrected chi connectivity index (χ1v) is 9.64. The van der Waals surface area contributed by atoms with Crippen LogP contribution in [0.1, 0.15) is 12.5 Å². The van der Waals surface area contributed by atoms with Gasteiger partial charge >= 0.3 is 0 Å². The number of anilines is 1. The van der Waals surface area contributed by atoms with Crippen LogP contribution >= 0.6 is 23.1 Å². The van der Waals surface area contributed by atoms with Crippen LogP contribution in [0.15, 0.2) is 42.7 Å². The van der Waals surface area contributed by atoms with Crippen molar-refractivity contribution in [2.45, 2.75) is 13.5 Å². The maximum atomic E-state index is 12.7. The predicted octanol–water partition coefficient (Wildman–Crippen LogP) is 3.51. The molecule has 0 aliphatic heterocycles. The molecule has 0 radical (unpaired) electrons. The van der Waals surface area contributed by atoms with Crippen LogP contribution in [0.2, 0.25) is 0 Å². The smallest absolute Gasteiger partial charge is 0.239 e. The second-order valence-corrected chi connectivity index (χ2v) is 7.61. The van der Waals surface area contributed by atoms with Crippen molar-refractivity contribution in [1.29, 1.82) is 0 Å². The molecule has 0 bridgehead atoms. The Balaban J connectivity index is 1.93. The predicted molar refractivity (Wildman–Crippen MR) is 105 cm³/mol. The van der Waals surface area contributed by atoms with Gasteiger partial charge < -0.3 is 4.74 Å². The van der Waals surface area contributed by atoms with E-state index in [1.165, 1.54) is 18.3 Å². The van der Waals surface area contributed by atoms with Crippen LogP contribution in [-0.2, 0) is 16.1 Å². The van der Waals surface area contributed by atoms with Crippen molar-refractivity contribution >= 4 is 49.5 Å². The Kier molecular flexibility index (Phi) is 5.85. The zero-order valence-electron chi connectivity index (χ0n) is 14.3. The summed E-state index contributed by atoms with van der Waals surface area (Å²) in [6.45, 7) is 1.80. The molecule has 6 nitrogen and oxygen atoms in total. The van der Waals surface area contributed by atoms with Crippen molar-refractivity contribution in [2.24, 2.45) is 0 Å². The highest BCUT2D eigenvalue weighted by Gasteiger charge is 2.21. The van der Waals surface area contributed by atoms with Crippen molar-refractivity contribution in [2.75, 3.05) is 17.8 Å². The topological polar surface area (TPSA) is 72.4 Å². The summed E-state index contributed by atoms with van der Waals surface area (Å²) in [5.74, 6) is 0.626. The van der Waals surface area contributed by atoms with Gasteiger partial charge in [-0.05, 0) is 23.8 Å². The maximum Gasteiger partial charge on any atom is 0.239 e. The van der Waals surface area contributed by atoms with E-state index in [-0.39, 0.29) is 16.8 Å². The van der Waals surface area contributed by atoms with Gasteiger partial charge in [-0.25, -0.2) is 4.98 Å². The lowest BCUT2D eigenvalue weighted by molar-refractivity contribution is -0.116. The molecule has 0 fully saturated rings. The zero-order valence-corrected chi connectivity index (χ0v) is 16.0. The van der Waals surface area contributed by atoms with E-state index >= 15 is 0 Å². The normalized spacial score (nSPS) is 10.7. The first-order chi connectivity index (χ1) is 12.6. The second kappa shape index (κ2) is 8.29.